The number of para-hydroxylation sites is 1. The number of hydrogen-bond acceptors (Lipinski definition) is 3. The molecule has 29 heavy (non-hydrogen) atoms. The topological polar surface area (TPSA) is 59.3 Å². The number of nitrogens with zero attached hydrogens (tertiary/aromatic N) is 3. The molecule has 0 atom stereocenters. The van der Waals surface area contributed by atoms with E-state index in [1.165, 1.54) is 6.34 Å². The molecule has 0 bridgehead atoms. The minimum atomic E-state index is -0.243. The average molecular weight is 401 g/mol. The van der Waals surface area contributed by atoms with Gasteiger partial charge in [-0.3, -0.25) is 4.79 Å². The maximum atomic E-state index is 13.0. The molecule has 4 aromatic rings. The Morgan fingerprint density at radius 3 is 2.38 bits per heavy atom. The Labute approximate surface area is 172 Å². The van der Waals surface area contributed by atoms with Gasteiger partial charge >= 0.3 is 0 Å². The molecule has 1 N–H and O–H groups in total. The van der Waals surface area contributed by atoms with Gasteiger partial charge in [0.15, 0.2) is 0 Å². The average Bonchev–Trinajstić information content (AvgIpc) is 2.76. The molecule has 0 radical (unpaired) electrons. The number of rotatable bonds is 5. The minimum Gasteiger partial charge on any atom is -0.346 e. The zero-order valence-corrected chi connectivity index (χ0v) is 16.1. The van der Waals surface area contributed by atoms with Crippen LogP contribution in [-0.2, 0) is 0 Å². The Balaban J connectivity index is 1.76. The molecule has 0 aliphatic heterocycles. The third-order valence-corrected chi connectivity index (χ3v) is 4.46. The molecule has 1 heterocycles. The van der Waals surface area contributed by atoms with Crippen LogP contribution < -0.4 is 10.7 Å². The van der Waals surface area contributed by atoms with Gasteiger partial charge in [0.1, 0.15) is 11.4 Å². The smallest absolute Gasteiger partial charge is 0.233 e. The van der Waals surface area contributed by atoms with Gasteiger partial charge in [0.05, 0.1) is 18.2 Å². The number of aliphatic imine (C=N–C) groups is 1. The molecule has 3 aromatic carbocycles. The Morgan fingerprint density at radius 2 is 1.66 bits per heavy atom. The van der Waals surface area contributed by atoms with Crippen LogP contribution in [0, 0.1) is 0 Å². The molecule has 0 amide bonds. The van der Waals surface area contributed by atoms with Crippen LogP contribution >= 0.6 is 11.6 Å². The van der Waals surface area contributed by atoms with Gasteiger partial charge in [-0.1, -0.05) is 66.2 Å². The molecule has 1 aromatic heterocycles. The summed E-state index contributed by atoms with van der Waals surface area (Å²) in [6.07, 6.45) is 3.10. The van der Waals surface area contributed by atoms with Gasteiger partial charge in [0.2, 0.25) is 5.43 Å². The molecule has 0 saturated carbocycles. The lowest BCUT2D eigenvalue weighted by molar-refractivity contribution is 0.843. The second-order valence-electron chi connectivity index (χ2n) is 6.25. The molecule has 142 valence electrons. The summed E-state index contributed by atoms with van der Waals surface area (Å²) in [6, 6.07) is 26.2. The van der Waals surface area contributed by atoms with Crippen molar-refractivity contribution in [3.63, 3.8) is 0 Å². The summed E-state index contributed by atoms with van der Waals surface area (Å²) in [5.41, 5.74) is 2.73. The van der Waals surface area contributed by atoms with E-state index >= 15 is 0 Å². The SMILES string of the molecule is O=c1c(N=CNc2cccc(Cl)c2)cn(-c2ccccc2)nc1-c1ccccc1. The highest BCUT2D eigenvalue weighted by Crippen LogP contribution is 2.18. The van der Waals surface area contributed by atoms with Crippen molar-refractivity contribution in [1.29, 1.82) is 0 Å². The van der Waals surface area contributed by atoms with Crippen LogP contribution in [-0.4, -0.2) is 16.1 Å². The van der Waals surface area contributed by atoms with Gasteiger partial charge in [0.25, 0.3) is 0 Å². The molecular weight excluding hydrogens is 384 g/mol. The lowest BCUT2D eigenvalue weighted by atomic mass is 10.1. The molecule has 0 fully saturated rings. The monoisotopic (exact) mass is 400 g/mol. The first-order valence-electron chi connectivity index (χ1n) is 9.00. The van der Waals surface area contributed by atoms with Crippen LogP contribution in [0.5, 0.6) is 0 Å². The summed E-state index contributed by atoms with van der Waals surface area (Å²) in [5, 5.41) is 8.19. The van der Waals surface area contributed by atoms with E-state index in [2.05, 4.69) is 15.4 Å². The van der Waals surface area contributed by atoms with E-state index in [9.17, 15) is 4.79 Å². The van der Waals surface area contributed by atoms with Crippen molar-refractivity contribution < 1.29 is 0 Å². The van der Waals surface area contributed by atoms with Crippen LogP contribution in [0.25, 0.3) is 16.9 Å². The Morgan fingerprint density at radius 1 is 0.931 bits per heavy atom. The Bertz CT molecular complexity index is 1200. The van der Waals surface area contributed by atoms with Crippen LogP contribution in [0.3, 0.4) is 0 Å². The van der Waals surface area contributed by atoms with E-state index in [1.54, 1.807) is 23.0 Å². The van der Waals surface area contributed by atoms with Crippen molar-refractivity contribution in [3.8, 4) is 16.9 Å². The van der Waals surface area contributed by atoms with Gasteiger partial charge in [-0.15, -0.1) is 0 Å². The Hall–Kier alpha value is -3.70. The zero-order valence-electron chi connectivity index (χ0n) is 15.4. The van der Waals surface area contributed by atoms with Gasteiger partial charge in [0, 0.05) is 16.3 Å². The lowest BCUT2D eigenvalue weighted by Gasteiger charge is -2.09. The molecule has 5 nitrogen and oxygen atoms in total. The van der Waals surface area contributed by atoms with E-state index in [0.29, 0.717) is 10.7 Å². The second kappa shape index (κ2) is 8.54. The largest absolute Gasteiger partial charge is 0.346 e. The fraction of sp³-hybridized carbons (Fsp3) is 0. The molecule has 0 unspecified atom stereocenters. The van der Waals surface area contributed by atoms with Crippen molar-refractivity contribution >= 4 is 29.3 Å². The first kappa shape index (κ1) is 18.7. The van der Waals surface area contributed by atoms with Gasteiger partial charge in [-0.25, -0.2) is 9.67 Å². The number of anilines is 1. The summed E-state index contributed by atoms with van der Waals surface area (Å²) in [7, 11) is 0. The summed E-state index contributed by atoms with van der Waals surface area (Å²) in [4.78, 5) is 17.4. The van der Waals surface area contributed by atoms with Crippen molar-refractivity contribution in [2.24, 2.45) is 4.99 Å². The number of hydrogen-bond donors (Lipinski definition) is 1. The maximum absolute atomic E-state index is 13.0. The highest BCUT2D eigenvalue weighted by molar-refractivity contribution is 6.30. The molecular formula is C23H17ClN4O. The van der Waals surface area contributed by atoms with Crippen molar-refractivity contribution in [1.82, 2.24) is 9.78 Å². The first-order valence-corrected chi connectivity index (χ1v) is 9.38. The number of aromatic nitrogens is 2. The molecule has 0 spiro atoms. The fourth-order valence-corrected chi connectivity index (χ4v) is 3.01. The van der Waals surface area contributed by atoms with Crippen molar-refractivity contribution in [2.45, 2.75) is 0 Å². The van der Waals surface area contributed by atoms with Gasteiger partial charge < -0.3 is 5.32 Å². The van der Waals surface area contributed by atoms with E-state index in [4.69, 9.17) is 11.6 Å². The number of benzene rings is 3. The summed E-state index contributed by atoms with van der Waals surface area (Å²) < 4.78 is 1.66. The predicted molar refractivity (Wildman–Crippen MR) is 118 cm³/mol. The summed E-state index contributed by atoms with van der Waals surface area (Å²) in [6.45, 7) is 0. The van der Waals surface area contributed by atoms with Crippen LogP contribution in [0.4, 0.5) is 11.4 Å². The molecule has 4 rings (SSSR count). The normalized spacial score (nSPS) is 10.9. The second-order valence-corrected chi connectivity index (χ2v) is 6.69. The third kappa shape index (κ3) is 4.42. The van der Waals surface area contributed by atoms with E-state index in [-0.39, 0.29) is 11.1 Å². The molecule has 0 saturated heterocycles. The zero-order chi connectivity index (χ0) is 20.1. The Kier molecular flexibility index (Phi) is 5.49. The van der Waals surface area contributed by atoms with Crippen molar-refractivity contribution in [3.05, 3.63) is 106 Å². The van der Waals surface area contributed by atoms with Gasteiger partial charge in [-0.2, -0.15) is 5.10 Å². The molecule has 6 heteroatoms. The van der Waals surface area contributed by atoms with Crippen LogP contribution in [0.1, 0.15) is 0 Å². The van der Waals surface area contributed by atoms with Crippen LogP contribution in [0.15, 0.2) is 101 Å². The van der Waals surface area contributed by atoms with E-state index < -0.39 is 0 Å². The maximum Gasteiger partial charge on any atom is 0.233 e. The fourth-order valence-electron chi connectivity index (χ4n) is 2.82. The van der Waals surface area contributed by atoms with Crippen LogP contribution in [0.2, 0.25) is 5.02 Å². The number of nitrogens with one attached hydrogen (secondary N) is 1. The standard InChI is InChI=1S/C23H17ClN4O/c24-18-10-7-11-19(14-18)25-16-26-21-15-28(20-12-5-2-6-13-20)27-22(23(21)29)17-8-3-1-4-9-17/h1-16H,(H,25,26). The van der Waals surface area contributed by atoms with Gasteiger partial charge in [-0.05, 0) is 30.3 Å². The lowest BCUT2D eigenvalue weighted by Crippen LogP contribution is -2.14. The minimum absolute atomic E-state index is 0.243. The summed E-state index contributed by atoms with van der Waals surface area (Å²) >= 11 is 6.00. The highest BCUT2D eigenvalue weighted by Gasteiger charge is 2.11. The highest BCUT2D eigenvalue weighted by atomic mass is 35.5. The molecule has 0 aliphatic carbocycles. The predicted octanol–water partition coefficient (Wildman–Crippen LogP) is 5.32. The van der Waals surface area contributed by atoms with E-state index in [1.807, 2.05) is 72.8 Å². The van der Waals surface area contributed by atoms with E-state index in [0.717, 1.165) is 16.9 Å². The third-order valence-electron chi connectivity index (χ3n) is 4.23. The molecule has 0 aliphatic rings. The first-order chi connectivity index (χ1) is 14.2. The number of halogens is 1. The quantitative estimate of drug-likeness (QED) is 0.364. The summed E-state index contributed by atoms with van der Waals surface area (Å²) in [5.74, 6) is 0. The van der Waals surface area contributed by atoms with Crippen molar-refractivity contribution in [2.75, 3.05) is 5.32 Å².